The highest BCUT2D eigenvalue weighted by Crippen LogP contribution is 2.35. The zero-order chi connectivity index (χ0) is 33.3. The Morgan fingerprint density at radius 2 is 1.93 bits per heavy atom. The number of nitrogens with zero attached hydrogens (tertiary/aromatic N) is 6. The number of rotatable bonds is 12. The van der Waals surface area contributed by atoms with Gasteiger partial charge >= 0.3 is 5.69 Å². The zero-order valence-corrected chi connectivity index (χ0v) is 27.9. The van der Waals surface area contributed by atoms with E-state index in [1.165, 1.54) is 46.0 Å². The summed E-state index contributed by atoms with van der Waals surface area (Å²) in [7, 11) is 1.44. The molecule has 4 heterocycles. The molecule has 0 spiro atoms. The number of ether oxygens (including phenoxy) is 2. The first kappa shape index (κ1) is 33.5. The van der Waals surface area contributed by atoms with Gasteiger partial charge in [0.25, 0.3) is 5.56 Å². The number of fused-ring (bicyclic) bond motifs is 1. The quantitative estimate of drug-likeness (QED) is 0.244. The van der Waals surface area contributed by atoms with Gasteiger partial charge in [-0.2, -0.15) is 10.2 Å². The first-order valence-corrected chi connectivity index (χ1v) is 16.3. The van der Waals surface area contributed by atoms with Crippen molar-refractivity contribution in [2.24, 2.45) is 0 Å². The monoisotopic (exact) mass is 656 g/mol. The van der Waals surface area contributed by atoms with E-state index in [0.29, 0.717) is 39.8 Å². The van der Waals surface area contributed by atoms with E-state index in [0.717, 1.165) is 35.9 Å². The SMILES string of the molecule is CCCc1cnn(-c2sc3c(c2C)c(=O)n(C(C)(C)C(=O)N2CCCC2)c(=O)n3C[C@H](OC[C@H](C)O)c2cc(F)ccc2OC)n1. The molecule has 3 aromatic heterocycles. The number of likely N-dealkylation sites (tertiary alicyclic amines) is 1. The lowest BCUT2D eigenvalue weighted by molar-refractivity contribution is -0.138. The van der Waals surface area contributed by atoms with Gasteiger partial charge in [-0.05, 0) is 65.2 Å². The van der Waals surface area contributed by atoms with Crippen molar-refractivity contribution in [3.05, 3.63) is 67.9 Å². The third-order valence-electron chi connectivity index (χ3n) is 8.32. The number of methoxy groups -OCH3 is 1. The summed E-state index contributed by atoms with van der Waals surface area (Å²) in [5.41, 5.74) is -1.17. The number of aromatic nitrogens is 5. The maximum absolute atomic E-state index is 14.6. The molecule has 0 unspecified atom stereocenters. The lowest BCUT2D eigenvalue weighted by Gasteiger charge is -2.31. The van der Waals surface area contributed by atoms with Gasteiger partial charge in [0.2, 0.25) is 5.91 Å². The average molecular weight is 657 g/mol. The van der Waals surface area contributed by atoms with Crippen molar-refractivity contribution in [2.75, 3.05) is 26.8 Å². The highest BCUT2D eigenvalue weighted by Gasteiger charge is 2.39. The number of amides is 1. The van der Waals surface area contributed by atoms with Gasteiger partial charge < -0.3 is 19.5 Å². The molecule has 248 valence electrons. The van der Waals surface area contributed by atoms with E-state index < -0.39 is 34.8 Å². The van der Waals surface area contributed by atoms with E-state index in [-0.39, 0.29) is 24.4 Å². The van der Waals surface area contributed by atoms with Crippen LogP contribution >= 0.6 is 11.3 Å². The highest BCUT2D eigenvalue weighted by atomic mass is 32.1. The van der Waals surface area contributed by atoms with E-state index in [9.17, 15) is 23.9 Å². The molecule has 4 aromatic rings. The Hall–Kier alpha value is -3.88. The molecule has 1 N–H and O–H groups in total. The summed E-state index contributed by atoms with van der Waals surface area (Å²) in [6.45, 7) is 9.33. The van der Waals surface area contributed by atoms with Gasteiger partial charge in [-0.25, -0.2) is 13.8 Å². The normalized spacial score (nSPS) is 15.1. The van der Waals surface area contributed by atoms with E-state index >= 15 is 0 Å². The van der Waals surface area contributed by atoms with Crippen LogP contribution in [0.4, 0.5) is 4.39 Å². The summed E-state index contributed by atoms with van der Waals surface area (Å²) in [6.07, 6.45) is 3.14. The van der Waals surface area contributed by atoms with Gasteiger partial charge in [-0.3, -0.25) is 14.2 Å². The third kappa shape index (κ3) is 6.25. The van der Waals surface area contributed by atoms with Crippen molar-refractivity contribution in [1.29, 1.82) is 0 Å². The molecule has 2 atom stereocenters. The average Bonchev–Trinajstić information content (AvgIpc) is 3.77. The molecule has 0 aliphatic carbocycles. The smallest absolute Gasteiger partial charge is 0.333 e. The van der Waals surface area contributed by atoms with Crippen LogP contribution in [0.1, 0.15) is 69.9 Å². The number of aliphatic hydroxyl groups is 1. The zero-order valence-electron chi connectivity index (χ0n) is 27.1. The Labute approximate surface area is 270 Å². The Bertz CT molecular complexity index is 1850. The summed E-state index contributed by atoms with van der Waals surface area (Å²) in [5, 5.41) is 19.9. The Balaban J connectivity index is 1.77. The standard InChI is InChI=1S/C32H41FN6O6S/c1-7-10-22-16-34-39(35-22)28-20(3)26-27(41)38(32(4,5)30(42)36-13-8-9-14-36)31(43)37(29(26)46-28)17-25(45-18-19(2)40)23-15-21(33)11-12-24(23)44-6/h11-12,15-16,19,25,40H,7-10,13-14,17-18H2,1-6H3/t19-,25-/m0/s1. The number of benzene rings is 1. The number of aryl methyl sites for hydroxylation is 2. The van der Waals surface area contributed by atoms with Crippen molar-refractivity contribution in [3.63, 3.8) is 0 Å². The topological polar surface area (TPSA) is 134 Å². The fraction of sp³-hybridized carbons (Fsp3) is 0.531. The molecule has 1 aliphatic heterocycles. The highest BCUT2D eigenvalue weighted by molar-refractivity contribution is 7.21. The molecule has 14 heteroatoms. The van der Waals surface area contributed by atoms with E-state index in [1.54, 1.807) is 38.8 Å². The van der Waals surface area contributed by atoms with Gasteiger partial charge in [0, 0.05) is 24.2 Å². The lowest BCUT2D eigenvalue weighted by Crippen LogP contribution is -2.56. The first-order valence-electron chi connectivity index (χ1n) is 15.5. The van der Waals surface area contributed by atoms with Gasteiger partial charge in [0.05, 0.1) is 43.6 Å². The third-order valence-corrected chi connectivity index (χ3v) is 9.60. The molecular formula is C32H41FN6O6S. The van der Waals surface area contributed by atoms with Crippen LogP contribution in [-0.2, 0) is 28.0 Å². The number of thiophene rings is 1. The van der Waals surface area contributed by atoms with Crippen molar-refractivity contribution in [1.82, 2.24) is 29.0 Å². The summed E-state index contributed by atoms with van der Waals surface area (Å²) in [5.74, 6) is -0.538. The predicted molar refractivity (Wildman–Crippen MR) is 172 cm³/mol. The number of carbonyl (C=O) groups excluding carboxylic acids is 1. The van der Waals surface area contributed by atoms with Crippen molar-refractivity contribution >= 4 is 27.5 Å². The van der Waals surface area contributed by atoms with E-state index in [4.69, 9.17) is 9.47 Å². The van der Waals surface area contributed by atoms with Crippen LogP contribution in [0.3, 0.4) is 0 Å². The summed E-state index contributed by atoms with van der Waals surface area (Å²) in [6, 6.07) is 3.98. The Morgan fingerprint density at radius 3 is 2.59 bits per heavy atom. The maximum Gasteiger partial charge on any atom is 0.333 e. The molecule has 46 heavy (non-hydrogen) atoms. The molecule has 1 aliphatic rings. The minimum atomic E-state index is -1.52. The van der Waals surface area contributed by atoms with Crippen molar-refractivity contribution in [2.45, 2.75) is 84.6 Å². The maximum atomic E-state index is 14.6. The minimum absolute atomic E-state index is 0.118. The second-order valence-corrected chi connectivity index (χ2v) is 13.2. The molecule has 5 rings (SSSR count). The van der Waals surface area contributed by atoms with Crippen molar-refractivity contribution < 1.29 is 23.8 Å². The molecule has 0 saturated carbocycles. The van der Waals surface area contributed by atoms with Crippen LogP contribution in [0.2, 0.25) is 0 Å². The predicted octanol–water partition coefficient (Wildman–Crippen LogP) is 3.71. The molecular weight excluding hydrogens is 615 g/mol. The van der Waals surface area contributed by atoms with E-state index in [2.05, 4.69) is 10.2 Å². The van der Waals surface area contributed by atoms with E-state index in [1.807, 2.05) is 6.92 Å². The van der Waals surface area contributed by atoms with Crippen LogP contribution in [0, 0.1) is 12.7 Å². The molecule has 0 radical (unpaired) electrons. The van der Waals surface area contributed by atoms with Gasteiger partial charge in [0.15, 0.2) is 0 Å². The Morgan fingerprint density at radius 1 is 1.22 bits per heavy atom. The fourth-order valence-corrected chi connectivity index (χ4v) is 7.18. The minimum Gasteiger partial charge on any atom is -0.496 e. The summed E-state index contributed by atoms with van der Waals surface area (Å²) in [4.78, 5) is 46.2. The molecule has 1 saturated heterocycles. The van der Waals surface area contributed by atoms with Crippen LogP contribution in [0.25, 0.3) is 15.2 Å². The Kier molecular flexibility index (Phi) is 9.80. The number of halogens is 1. The molecule has 1 fully saturated rings. The number of hydrogen-bond acceptors (Lipinski definition) is 9. The summed E-state index contributed by atoms with van der Waals surface area (Å²) >= 11 is 1.17. The van der Waals surface area contributed by atoms with Gasteiger partial charge in [0.1, 0.15) is 33.0 Å². The molecule has 12 nitrogen and oxygen atoms in total. The van der Waals surface area contributed by atoms with Crippen molar-refractivity contribution in [3.8, 4) is 10.8 Å². The number of carbonyl (C=O) groups is 1. The summed E-state index contributed by atoms with van der Waals surface area (Å²) < 4.78 is 28.6. The first-order chi connectivity index (χ1) is 21.9. The molecule has 1 amide bonds. The largest absolute Gasteiger partial charge is 0.496 e. The lowest BCUT2D eigenvalue weighted by atomic mass is 10.0. The fourth-order valence-electron chi connectivity index (χ4n) is 5.96. The number of aliphatic hydroxyl groups excluding tert-OH is 1. The second kappa shape index (κ2) is 13.5. The van der Waals surface area contributed by atoms with Crippen LogP contribution < -0.4 is 16.0 Å². The molecule has 0 bridgehead atoms. The van der Waals surface area contributed by atoms with Crippen LogP contribution in [0.5, 0.6) is 5.75 Å². The van der Waals surface area contributed by atoms with Gasteiger partial charge in [-0.15, -0.1) is 4.80 Å². The number of hydrogen-bond donors (Lipinski definition) is 1. The molecule has 1 aromatic carbocycles. The van der Waals surface area contributed by atoms with Gasteiger partial charge in [-0.1, -0.05) is 24.7 Å². The van der Waals surface area contributed by atoms with Crippen LogP contribution in [0.15, 0.2) is 34.0 Å². The second-order valence-electron chi connectivity index (χ2n) is 12.2. The van der Waals surface area contributed by atoms with Crippen LogP contribution in [-0.4, -0.2) is 73.0 Å².